The predicted molar refractivity (Wildman–Crippen MR) is 93.9 cm³/mol. The molecule has 0 N–H and O–H groups in total. The minimum absolute atomic E-state index is 0.122. The number of methoxy groups -OCH3 is 1. The number of rotatable bonds is 7. The number of ether oxygens (including phenoxy) is 1. The quantitative estimate of drug-likeness (QED) is 0.734. The lowest BCUT2D eigenvalue weighted by Crippen LogP contribution is -2.36. The van der Waals surface area contributed by atoms with E-state index in [0.717, 1.165) is 31.3 Å². The maximum absolute atomic E-state index is 13.7. The fraction of sp³-hybridized carbons (Fsp3) is 0.529. The molecule has 2 heterocycles. The van der Waals surface area contributed by atoms with Crippen LogP contribution in [0.3, 0.4) is 0 Å². The van der Waals surface area contributed by atoms with Crippen molar-refractivity contribution in [2.75, 3.05) is 13.7 Å². The first kappa shape index (κ1) is 18.8. The van der Waals surface area contributed by atoms with E-state index in [1.165, 1.54) is 23.5 Å². The van der Waals surface area contributed by atoms with Crippen LogP contribution >= 0.6 is 0 Å². The summed E-state index contributed by atoms with van der Waals surface area (Å²) >= 11 is 0. The Morgan fingerprint density at radius 1 is 1.38 bits per heavy atom. The van der Waals surface area contributed by atoms with E-state index in [-0.39, 0.29) is 16.7 Å². The van der Waals surface area contributed by atoms with E-state index in [1.54, 1.807) is 6.33 Å². The minimum Gasteiger partial charge on any atom is -0.495 e. The van der Waals surface area contributed by atoms with Gasteiger partial charge in [0.2, 0.25) is 10.0 Å². The van der Waals surface area contributed by atoms with Gasteiger partial charge in [-0.3, -0.25) is 0 Å². The number of sulfonamides is 1. The number of nitrogens with zero attached hydrogens (tertiary/aromatic N) is 4. The summed E-state index contributed by atoms with van der Waals surface area (Å²) < 4.78 is 48.4. The van der Waals surface area contributed by atoms with E-state index >= 15 is 0 Å². The lowest BCUT2D eigenvalue weighted by Gasteiger charge is -2.25. The Labute approximate surface area is 152 Å². The fourth-order valence-corrected chi connectivity index (χ4v) is 5.32. The van der Waals surface area contributed by atoms with E-state index in [9.17, 15) is 12.8 Å². The number of aryl methyl sites for hydroxylation is 2. The van der Waals surface area contributed by atoms with E-state index in [2.05, 4.69) is 10.2 Å². The third-order valence-corrected chi connectivity index (χ3v) is 6.75. The molecule has 9 heteroatoms. The minimum atomic E-state index is -3.83. The van der Waals surface area contributed by atoms with Gasteiger partial charge in [-0.15, -0.1) is 10.2 Å². The van der Waals surface area contributed by atoms with Crippen molar-refractivity contribution < 1.29 is 17.5 Å². The first-order valence-corrected chi connectivity index (χ1v) is 10.1. The summed E-state index contributed by atoms with van der Waals surface area (Å²) in [5.41, 5.74) is 0. The Morgan fingerprint density at radius 2 is 2.19 bits per heavy atom. The highest BCUT2D eigenvalue weighted by molar-refractivity contribution is 7.89. The van der Waals surface area contributed by atoms with Gasteiger partial charge in [0.1, 0.15) is 28.6 Å². The van der Waals surface area contributed by atoms with E-state index < -0.39 is 15.8 Å². The monoisotopic (exact) mass is 382 g/mol. The van der Waals surface area contributed by atoms with E-state index in [0.29, 0.717) is 19.4 Å². The molecule has 3 rings (SSSR count). The summed E-state index contributed by atoms with van der Waals surface area (Å²) in [7, 11) is -2.45. The second kappa shape index (κ2) is 7.71. The maximum Gasteiger partial charge on any atom is 0.247 e. The van der Waals surface area contributed by atoms with Crippen LogP contribution in [0.4, 0.5) is 4.39 Å². The van der Waals surface area contributed by atoms with Gasteiger partial charge in [-0.2, -0.15) is 4.31 Å². The van der Waals surface area contributed by atoms with Gasteiger partial charge in [-0.25, -0.2) is 12.8 Å². The van der Waals surface area contributed by atoms with Crippen molar-refractivity contribution in [3.63, 3.8) is 0 Å². The van der Waals surface area contributed by atoms with Crippen LogP contribution in [-0.4, -0.2) is 47.2 Å². The van der Waals surface area contributed by atoms with Crippen LogP contribution in [0.15, 0.2) is 29.4 Å². The summed E-state index contributed by atoms with van der Waals surface area (Å²) in [6, 6.07) is 3.42. The van der Waals surface area contributed by atoms with Gasteiger partial charge in [0.25, 0.3) is 0 Å². The normalized spacial score (nSPS) is 18.3. The van der Waals surface area contributed by atoms with Crippen molar-refractivity contribution in [1.29, 1.82) is 0 Å². The maximum atomic E-state index is 13.7. The van der Waals surface area contributed by atoms with Gasteiger partial charge in [0.05, 0.1) is 7.11 Å². The molecule has 1 saturated heterocycles. The fourth-order valence-electron chi connectivity index (χ4n) is 3.42. The van der Waals surface area contributed by atoms with Gasteiger partial charge >= 0.3 is 0 Å². The zero-order chi connectivity index (χ0) is 18.7. The van der Waals surface area contributed by atoms with Crippen LogP contribution in [0.1, 0.15) is 32.0 Å². The molecule has 0 saturated carbocycles. The van der Waals surface area contributed by atoms with Crippen molar-refractivity contribution in [3.05, 3.63) is 36.2 Å². The standard InChI is InChI=1S/C17H23FN4O3S/c1-3-21-12-19-20-17(21)9-7-14-5-4-10-22(14)26(23,24)16-11-13(18)6-8-15(16)25-2/h6,8,11-12,14H,3-5,7,9-10H2,1-2H3. The molecule has 1 aliphatic heterocycles. The summed E-state index contributed by atoms with van der Waals surface area (Å²) in [6.07, 6.45) is 4.52. The average Bonchev–Trinajstić information content (AvgIpc) is 3.28. The summed E-state index contributed by atoms with van der Waals surface area (Å²) in [6.45, 7) is 3.21. The third-order valence-electron chi connectivity index (χ3n) is 4.77. The van der Waals surface area contributed by atoms with Crippen LogP contribution in [-0.2, 0) is 23.0 Å². The number of hydrogen-bond donors (Lipinski definition) is 0. The third kappa shape index (κ3) is 3.59. The number of halogens is 1. The van der Waals surface area contributed by atoms with Gasteiger partial charge < -0.3 is 9.30 Å². The first-order valence-electron chi connectivity index (χ1n) is 8.69. The van der Waals surface area contributed by atoms with Crippen LogP contribution in [0.2, 0.25) is 0 Å². The Hall–Kier alpha value is -2.00. The second-order valence-corrected chi connectivity index (χ2v) is 8.14. The highest BCUT2D eigenvalue weighted by Gasteiger charge is 2.37. The Morgan fingerprint density at radius 3 is 2.92 bits per heavy atom. The molecular formula is C17H23FN4O3S. The Kier molecular flexibility index (Phi) is 5.57. The second-order valence-electron chi connectivity index (χ2n) is 6.28. The lowest BCUT2D eigenvalue weighted by atomic mass is 10.1. The molecule has 0 spiro atoms. The van der Waals surface area contributed by atoms with Crippen LogP contribution < -0.4 is 4.74 Å². The average molecular weight is 382 g/mol. The van der Waals surface area contributed by atoms with Gasteiger partial charge in [0, 0.05) is 25.6 Å². The molecule has 0 radical (unpaired) electrons. The lowest BCUT2D eigenvalue weighted by molar-refractivity contribution is 0.360. The summed E-state index contributed by atoms with van der Waals surface area (Å²) in [4.78, 5) is -0.122. The zero-order valence-electron chi connectivity index (χ0n) is 14.9. The molecule has 7 nitrogen and oxygen atoms in total. The zero-order valence-corrected chi connectivity index (χ0v) is 15.7. The van der Waals surface area contributed by atoms with Crippen molar-refractivity contribution in [3.8, 4) is 5.75 Å². The first-order chi connectivity index (χ1) is 12.5. The molecule has 1 aromatic heterocycles. The van der Waals surface area contributed by atoms with Crippen molar-refractivity contribution in [1.82, 2.24) is 19.1 Å². The highest BCUT2D eigenvalue weighted by atomic mass is 32.2. The molecule has 1 atom stereocenters. The number of aromatic nitrogens is 3. The molecule has 0 aliphatic carbocycles. The van der Waals surface area contributed by atoms with E-state index in [1.807, 2.05) is 11.5 Å². The SMILES string of the molecule is CCn1cnnc1CCC1CCCN1S(=O)(=O)c1cc(F)ccc1OC. The summed E-state index contributed by atoms with van der Waals surface area (Å²) in [5.74, 6) is 0.402. The smallest absolute Gasteiger partial charge is 0.247 e. The Bertz CT molecular complexity index is 869. The predicted octanol–water partition coefficient (Wildman–Crippen LogP) is 2.23. The molecule has 142 valence electrons. The molecule has 1 fully saturated rings. The molecule has 1 aliphatic rings. The molecule has 1 aromatic carbocycles. The van der Waals surface area contributed by atoms with Gasteiger partial charge in [0.15, 0.2) is 0 Å². The van der Waals surface area contributed by atoms with Gasteiger partial charge in [-0.1, -0.05) is 0 Å². The number of hydrogen-bond acceptors (Lipinski definition) is 5. The van der Waals surface area contributed by atoms with Crippen LogP contribution in [0.5, 0.6) is 5.75 Å². The largest absolute Gasteiger partial charge is 0.495 e. The summed E-state index contributed by atoms with van der Waals surface area (Å²) in [5, 5.41) is 8.02. The van der Waals surface area contributed by atoms with Crippen molar-refractivity contribution in [2.24, 2.45) is 0 Å². The number of benzene rings is 1. The molecule has 26 heavy (non-hydrogen) atoms. The molecule has 0 amide bonds. The van der Waals surface area contributed by atoms with Crippen LogP contribution in [0, 0.1) is 5.82 Å². The highest BCUT2D eigenvalue weighted by Crippen LogP contribution is 2.33. The molecule has 1 unspecified atom stereocenters. The van der Waals surface area contributed by atoms with Crippen molar-refractivity contribution in [2.45, 2.75) is 50.1 Å². The van der Waals surface area contributed by atoms with Crippen molar-refractivity contribution >= 4 is 10.0 Å². The van der Waals surface area contributed by atoms with Gasteiger partial charge in [-0.05, 0) is 44.4 Å². The molecule has 0 bridgehead atoms. The van der Waals surface area contributed by atoms with E-state index in [4.69, 9.17) is 4.74 Å². The molecule has 2 aromatic rings. The topological polar surface area (TPSA) is 77.3 Å². The molecular weight excluding hydrogens is 359 g/mol. The van der Waals surface area contributed by atoms with Crippen LogP contribution in [0.25, 0.3) is 0 Å². The Balaban J connectivity index is 1.82.